The van der Waals surface area contributed by atoms with Crippen molar-refractivity contribution in [1.82, 2.24) is 10.3 Å². The topological polar surface area (TPSA) is 103 Å². The highest BCUT2D eigenvalue weighted by atomic mass is 35.5. The number of hydrogen-bond donors (Lipinski definition) is 2. The van der Waals surface area contributed by atoms with Crippen molar-refractivity contribution < 1.29 is 19.1 Å². The highest BCUT2D eigenvalue weighted by molar-refractivity contribution is 6.40. The van der Waals surface area contributed by atoms with Gasteiger partial charge >= 0.3 is 5.97 Å². The standard InChI is InChI=1S/C17H9Cl2FN2.C9H7Cl2NO3/c1-9-2-3-12(17-13(9)6-11(20)8-22-17)16-14(18)4-10(7-21)5-15(16)19;10-5-2-1-3-6(11)8(5)9(15)12-4-7(13)14/h2-6,8H,1H3;1-3H,4H2,(H,12,15)(H,13,14). The molecule has 1 aromatic heterocycles. The van der Waals surface area contributed by atoms with Gasteiger partial charge in [-0.2, -0.15) is 5.26 Å². The number of aromatic nitrogens is 1. The Hall–Kier alpha value is -3.41. The van der Waals surface area contributed by atoms with Gasteiger partial charge in [-0.1, -0.05) is 64.6 Å². The third-order valence-corrected chi connectivity index (χ3v) is 6.29. The monoisotopic (exact) mass is 577 g/mol. The molecule has 37 heavy (non-hydrogen) atoms. The van der Waals surface area contributed by atoms with Gasteiger partial charge in [0.2, 0.25) is 0 Å². The van der Waals surface area contributed by atoms with Gasteiger partial charge in [-0.25, -0.2) is 4.39 Å². The number of pyridine rings is 1. The van der Waals surface area contributed by atoms with Crippen LogP contribution in [0.5, 0.6) is 0 Å². The molecule has 3 aromatic carbocycles. The molecule has 0 aliphatic rings. The van der Waals surface area contributed by atoms with E-state index in [9.17, 15) is 14.0 Å². The van der Waals surface area contributed by atoms with Crippen LogP contribution in [-0.2, 0) is 4.79 Å². The maximum atomic E-state index is 13.5. The van der Waals surface area contributed by atoms with Crippen molar-refractivity contribution in [2.75, 3.05) is 6.54 Å². The molecule has 6 nitrogen and oxygen atoms in total. The number of carbonyl (C=O) groups excluding carboxylic acids is 1. The Labute approximate surface area is 231 Å². The summed E-state index contributed by atoms with van der Waals surface area (Å²) in [5, 5.41) is 21.3. The molecule has 0 fully saturated rings. The molecule has 0 aliphatic carbocycles. The molecule has 1 amide bonds. The number of amides is 1. The fourth-order valence-electron chi connectivity index (χ4n) is 3.39. The zero-order valence-corrected chi connectivity index (χ0v) is 22.0. The number of aryl methyl sites for hydroxylation is 1. The summed E-state index contributed by atoms with van der Waals surface area (Å²) in [5.74, 6) is -2.13. The Bertz CT molecular complexity index is 1530. The van der Waals surface area contributed by atoms with E-state index in [-0.39, 0.29) is 15.6 Å². The van der Waals surface area contributed by atoms with Crippen molar-refractivity contribution in [3.63, 3.8) is 0 Å². The van der Waals surface area contributed by atoms with Gasteiger partial charge in [-0.05, 0) is 42.8 Å². The van der Waals surface area contributed by atoms with E-state index in [0.717, 1.165) is 11.8 Å². The number of aliphatic carboxylic acids is 1. The van der Waals surface area contributed by atoms with E-state index in [1.807, 2.05) is 25.1 Å². The lowest BCUT2D eigenvalue weighted by Gasteiger charge is -2.12. The lowest BCUT2D eigenvalue weighted by molar-refractivity contribution is -0.135. The molecule has 0 spiro atoms. The molecule has 188 valence electrons. The largest absolute Gasteiger partial charge is 0.480 e. The minimum absolute atomic E-state index is 0.0853. The third kappa shape index (κ3) is 6.68. The number of nitrogens with zero attached hydrogens (tertiary/aromatic N) is 2. The summed E-state index contributed by atoms with van der Waals surface area (Å²) in [5.41, 5.74) is 3.30. The van der Waals surface area contributed by atoms with E-state index in [1.54, 1.807) is 18.2 Å². The highest BCUT2D eigenvalue weighted by Gasteiger charge is 2.16. The number of nitrogens with one attached hydrogen (secondary N) is 1. The molecule has 0 saturated heterocycles. The molecule has 2 N–H and O–H groups in total. The maximum absolute atomic E-state index is 13.5. The van der Waals surface area contributed by atoms with Crippen LogP contribution in [0.1, 0.15) is 21.5 Å². The first kappa shape index (κ1) is 28.2. The Kier molecular flexibility index (Phi) is 9.30. The number of carbonyl (C=O) groups is 2. The lowest BCUT2D eigenvalue weighted by Crippen LogP contribution is -2.29. The fraction of sp³-hybridized carbons (Fsp3) is 0.0769. The van der Waals surface area contributed by atoms with Crippen LogP contribution >= 0.6 is 46.4 Å². The van der Waals surface area contributed by atoms with Gasteiger partial charge < -0.3 is 10.4 Å². The molecule has 0 saturated carbocycles. The summed E-state index contributed by atoms with van der Waals surface area (Å²) in [7, 11) is 0. The van der Waals surface area contributed by atoms with Crippen molar-refractivity contribution in [3.8, 4) is 17.2 Å². The Morgan fingerprint density at radius 1 is 1.03 bits per heavy atom. The summed E-state index contributed by atoms with van der Waals surface area (Å²) < 4.78 is 13.5. The van der Waals surface area contributed by atoms with Crippen LogP contribution in [0.3, 0.4) is 0 Å². The molecule has 0 bridgehead atoms. The first-order valence-electron chi connectivity index (χ1n) is 10.4. The number of carboxylic acids is 1. The Morgan fingerprint density at radius 3 is 2.22 bits per heavy atom. The number of fused-ring (bicyclic) bond motifs is 1. The second-order valence-corrected chi connectivity index (χ2v) is 9.21. The number of carboxylic acid groups (broad SMARTS) is 1. The molecule has 4 aromatic rings. The fourth-order valence-corrected chi connectivity index (χ4v) is 4.65. The van der Waals surface area contributed by atoms with Crippen LogP contribution in [0.2, 0.25) is 20.1 Å². The predicted octanol–water partition coefficient (Wildman–Crippen LogP) is 7.34. The van der Waals surface area contributed by atoms with Gasteiger partial charge in [-0.3, -0.25) is 14.6 Å². The number of benzene rings is 3. The van der Waals surface area contributed by atoms with Crippen LogP contribution in [-0.4, -0.2) is 28.5 Å². The maximum Gasteiger partial charge on any atom is 0.322 e. The Morgan fingerprint density at radius 2 is 1.65 bits per heavy atom. The van der Waals surface area contributed by atoms with Crippen molar-refractivity contribution in [3.05, 3.63) is 97.3 Å². The average Bonchev–Trinajstić information content (AvgIpc) is 2.84. The van der Waals surface area contributed by atoms with E-state index >= 15 is 0 Å². The number of rotatable bonds is 4. The summed E-state index contributed by atoms with van der Waals surface area (Å²) in [6, 6.07) is 14.9. The molecule has 0 unspecified atom stereocenters. The molecule has 0 atom stereocenters. The van der Waals surface area contributed by atoms with Crippen molar-refractivity contribution in [2.24, 2.45) is 0 Å². The normalized spacial score (nSPS) is 10.3. The van der Waals surface area contributed by atoms with Crippen molar-refractivity contribution in [1.29, 1.82) is 5.26 Å². The van der Waals surface area contributed by atoms with Gasteiger partial charge in [0.25, 0.3) is 5.91 Å². The van der Waals surface area contributed by atoms with E-state index in [4.69, 9.17) is 56.8 Å². The van der Waals surface area contributed by atoms with Crippen LogP contribution < -0.4 is 5.32 Å². The highest BCUT2D eigenvalue weighted by Crippen LogP contribution is 2.39. The van der Waals surface area contributed by atoms with Gasteiger partial charge in [-0.15, -0.1) is 0 Å². The average molecular weight is 579 g/mol. The van der Waals surface area contributed by atoms with E-state index < -0.39 is 24.2 Å². The van der Waals surface area contributed by atoms with Crippen LogP contribution in [0.15, 0.2) is 54.7 Å². The van der Waals surface area contributed by atoms with E-state index in [1.165, 1.54) is 18.2 Å². The molecule has 4 rings (SSSR count). The Balaban J connectivity index is 0.000000222. The second-order valence-electron chi connectivity index (χ2n) is 7.58. The van der Waals surface area contributed by atoms with Gasteiger partial charge in [0.05, 0.1) is 49.0 Å². The molecular weight excluding hydrogens is 563 g/mol. The van der Waals surface area contributed by atoms with Crippen LogP contribution in [0.4, 0.5) is 4.39 Å². The molecule has 0 radical (unpaired) electrons. The lowest BCUT2D eigenvalue weighted by atomic mass is 9.98. The van der Waals surface area contributed by atoms with Crippen LogP contribution in [0, 0.1) is 24.1 Å². The molecule has 0 aliphatic heterocycles. The molecule has 11 heteroatoms. The number of halogens is 5. The zero-order chi connectivity index (χ0) is 27.3. The number of nitriles is 1. The minimum atomic E-state index is -1.13. The smallest absolute Gasteiger partial charge is 0.322 e. The van der Waals surface area contributed by atoms with E-state index in [0.29, 0.717) is 37.6 Å². The van der Waals surface area contributed by atoms with Crippen LogP contribution in [0.25, 0.3) is 22.0 Å². The summed E-state index contributed by atoms with van der Waals surface area (Å²) in [6.07, 6.45) is 1.16. The summed E-state index contributed by atoms with van der Waals surface area (Å²) >= 11 is 24.1. The SMILES string of the molecule is Cc1ccc(-c2c(Cl)cc(C#N)cc2Cl)c2ncc(F)cc12.O=C(O)CNC(=O)c1c(Cl)cccc1Cl. The van der Waals surface area contributed by atoms with Gasteiger partial charge in [0.15, 0.2) is 0 Å². The van der Waals surface area contributed by atoms with Crippen molar-refractivity contribution >= 4 is 69.2 Å². The first-order valence-corrected chi connectivity index (χ1v) is 11.9. The van der Waals surface area contributed by atoms with Gasteiger partial charge in [0.1, 0.15) is 12.4 Å². The summed E-state index contributed by atoms with van der Waals surface area (Å²) in [6.45, 7) is 1.41. The molecule has 1 heterocycles. The second kappa shape index (κ2) is 12.2. The minimum Gasteiger partial charge on any atom is -0.480 e. The zero-order valence-electron chi connectivity index (χ0n) is 19.0. The number of hydrogen-bond acceptors (Lipinski definition) is 4. The summed E-state index contributed by atoms with van der Waals surface area (Å²) in [4.78, 5) is 25.9. The predicted molar refractivity (Wildman–Crippen MR) is 143 cm³/mol. The van der Waals surface area contributed by atoms with Gasteiger partial charge in [0, 0.05) is 16.5 Å². The third-order valence-electron chi connectivity index (χ3n) is 5.06. The molecular formula is C26H16Cl4FN3O3. The van der Waals surface area contributed by atoms with E-state index in [2.05, 4.69) is 10.3 Å². The first-order chi connectivity index (χ1) is 17.5. The quantitative estimate of drug-likeness (QED) is 0.264. The van der Waals surface area contributed by atoms with Crippen molar-refractivity contribution in [2.45, 2.75) is 6.92 Å².